The van der Waals surface area contributed by atoms with Gasteiger partial charge in [0.2, 0.25) is 0 Å². The predicted molar refractivity (Wildman–Crippen MR) is 79.1 cm³/mol. The van der Waals surface area contributed by atoms with Crippen molar-refractivity contribution in [2.75, 3.05) is 13.2 Å². The van der Waals surface area contributed by atoms with Crippen LogP contribution in [0, 0.1) is 0 Å². The molecule has 0 atom stereocenters. The van der Waals surface area contributed by atoms with Crippen LogP contribution in [0.3, 0.4) is 0 Å². The van der Waals surface area contributed by atoms with E-state index in [-0.39, 0.29) is 30.5 Å². The molecule has 0 aliphatic heterocycles. The molecule has 0 saturated heterocycles. The number of aliphatic hydroxyl groups excluding tert-OH is 1. The summed E-state index contributed by atoms with van der Waals surface area (Å²) in [5.74, 6) is -0.359. The predicted octanol–water partition coefficient (Wildman–Crippen LogP) is 1.67. The minimum atomic E-state index is -0.339. The second-order valence-electron chi connectivity index (χ2n) is 4.52. The molecule has 0 fully saturated rings. The molecule has 0 aliphatic rings. The van der Waals surface area contributed by atoms with Crippen molar-refractivity contribution in [3.63, 3.8) is 0 Å². The summed E-state index contributed by atoms with van der Waals surface area (Å²) in [5, 5.41) is 11.3. The smallest absolute Gasteiger partial charge is 0.269 e. The number of benzene rings is 1. The van der Waals surface area contributed by atoms with Crippen molar-refractivity contribution in [2.24, 2.45) is 0 Å². The summed E-state index contributed by atoms with van der Waals surface area (Å²) >= 11 is 0. The maximum Gasteiger partial charge on any atom is 0.269 e. The number of aliphatic hydroxyl groups is 1. The zero-order valence-electron chi connectivity index (χ0n) is 11.7. The van der Waals surface area contributed by atoms with Gasteiger partial charge in [-0.1, -0.05) is 24.3 Å². The molecule has 2 rings (SSSR count). The van der Waals surface area contributed by atoms with Gasteiger partial charge in [-0.3, -0.25) is 9.59 Å². The van der Waals surface area contributed by atoms with Crippen LogP contribution in [0.1, 0.15) is 27.8 Å². The maximum atomic E-state index is 11.8. The van der Waals surface area contributed by atoms with Crippen molar-refractivity contribution in [1.29, 1.82) is 0 Å². The molecule has 1 amide bonds. The number of hydrogen-bond donors (Lipinski definition) is 2. The average molecular weight is 284 g/mol. The number of carbonyl (C=O) groups excluding carboxylic acids is 2. The summed E-state index contributed by atoms with van der Waals surface area (Å²) in [6, 6.07) is 12.2. The number of pyridine rings is 1. The molecule has 0 aliphatic carbocycles. The number of nitrogens with one attached hydrogen (secondary N) is 1. The number of carbonyl (C=O) groups is 2. The Bertz CT molecular complexity index is 668. The van der Waals surface area contributed by atoms with Gasteiger partial charge in [0.15, 0.2) is 5.78 Å². The molecule has 1 aromatic heterocycles. The summed E-state index contributed by atoms with van der Waals surface area (Å²) in [7, 11) is 0. The summed E-state index contributed by atoms with van der Waals surface area (Å²) < 4.78 is 0. The first-order chi connectivity index (χ1) is 10.1. The molecule has 1 heterocycles. The van der Waals surface area contributed by atoms with Crippen LogP contribution in [-0.2, 0) is 0 Å². The third-order valence-electron chi connectivity index (χ3n) is 2.94. The lowest BCUT2D eigenvalue weighted by atomic mass is 10.1. The first-order valence-electron chi connectivity index (χ1n) is 6.59. The van der Waals surface area contributed by atoms with Gasteiger partial charge in [-0.15, -0.1) is 0 Å². The zero-order valence-corrected chi connectivity index (χ0v) is 11.7. The highest BCUT2D eigenvalue weighted by Crippen LogP contribution is 2.19. The van der Waals surface area contributed by atoms with E-state index < -0.39 is 0 Å². The highest BCUT2D eigenvalue weighted by molar-refractivity contribution is 5.95. The molecule has 5 heteroatoms. The van der Waals surface area contributed by atoms with Crippen molar-refractivity contribution in [1.82, 2.24) is 10.3 Å². The van der Waals surface area contributed by atoms with Crippen LogP contribution in [-0.4, -0.2) is 34.9 Å². The van der Waals surface area contributed by atoms with Gasteiger partial charge in [-0.2, -0.15) is 0 Å². The maximum absolute atomic E-state index is 11.8. The van der Waals surface area contributed by atoms with Crippen LogP contribution >= 0.6 is 0 Å². The Balaban J connectivity index is 2.30. The molecule has 2 aromatic rings. The topological polar surface area (TPSA) is 79.3 Å². The van der Waals surface area contributed by atoms with Crippen molar-refractivity contribution in [3.8, 4) is 11.3 Å². The Kier molecular flexibility index (Phi) is 4.79. The monoisotopic (exact) mass is 284 g/mol. The third kappa shape index (κ3) is 3.73. The van der Waals surface area contributed by atoms with E-state index in [1.54, 1.807) is 36.4 Å². The van der Waals surface area contributed by atoms with E-state index in [2.05, 4.69) is 10.3 Å². The number of hydrogen-bond acceptors (Lipinski definition) is 4. The van der Waals surface area contributed by atoms with Crippen LogP contribution in [0.25, 0.3) is 11.3 Å². The lowest BCUT2D eigenvalue weighted by molar-refractivity contribution is 0.0939. The van der Waals surface area contributed by atoms with E-state index in [9.17, 15) is 9.59 Å². The molecule has 0 bridgehead atoms. The molecule has 0 saturated carbocycles. The zero-order chi connectivity index (χ0) is 15.2. The molecule has 0 unspecified atom stereocenters. The van der Waals surface area contributed by atoms with Crippen LogP contribution in [0.2, 0.25) is 0 Å². The summed E-state index contributed by atoms with van der Waals surface area (Å²) in [6.45, 7) is 1.57. The quantitative estimate of drug-likeness (QED) is 0.819. The number of rotatable bonds is 5. The van der Waals surface area contributed by atoms with Gasteiger partial charge in [-0.25, -0.2) is 4.98 Å². The van der Waals surface area contributed by atoms with Crippen LogP contribution in [0.15, 0.2) is 42.5 Å². The largest absolute Gasteiger partial charge is 0.395 e. The molecule has 0 spiro atoms. The Morgan fingerprint density at radius 1 is 1.19 bits per heavy atom. The van der Waals surface area contributed by atoms with Gasteiger partial charge < -0.3 is 10.4 Å². The minimum absolute atomic E-state index is 0.0197. The Hall–Kier alpha value is -2.53. The fourth-order valence-corrected chi connectivity index (χ4v) is 1.88. The minimum Gasteiger partial charge on any atom is -0.395 e. The van der Waals surface area contributed by atoms with Crippen LogP contribution in [0.5, 0.6) is 0 Å². The molecule has 2 N–H and O–H groups in total. The number of Topliss-reactive ketones (excluding diaryl/α,β-unsaturated/α-hetero) is 1. The van der Waals surface area contributed by atoms with E-state index in [1.165, 1.54) is 6.92 Å². The number of nitrogens with zero attached hydrogens (tertiary/aromatic N) is 1. The Morgan fingerprint density at radius 2 is 1.95 bits per heavy atom. The summed E-state index contributed by atoms with van der Waals surface area (Å²) in [4.78, 5) is 27.5. The van der Waals surface area contributed by atoms with Crippen molar-refractivity contribution >= 4 is 11.7 Å². The molecule has 21 heavy (non-hydrogen) atoms. The van der Waals surface area contributed by atoms with Gasteiger partial charge in [0.1, 0.15) is 5.69 Å². The fraction of sp³-hybridized carbons (Fsp3) is 0.188. The molecular weight excluding hydrogens is 268 g/mol. The molecule has 1 aromatic carbocycles. The molecule has 5 nitrogen and oxygen atoms in total. The standard InChI is InChI=1S/C16H16N2O3/c1-11(20)12-4-2-5-13(10-12)14-6-3-7-15(18-14)16(21)17-8-9-19/h2-7,10,19H,8-9H2,1H3,(H,17,21). The highest BCUT2D eigenvalue weighted by atomic mass is 16.3. The van der Waals surface area contributed by atoms with Gasteiger partial charge in [0.05, 0.1) is 12.3 Å². The van der Waals surface area contributed by atoms with Crippen molar-refractivity contribution < 1.29 is 14.7 Å². The van der Waals surface area contributed by atoms with E-state index in [1.807, 2.05) is 6.07 Å². The average Bonchev–Trinajstić information content (AvgIpc) is 2.52. The first kappa shape index (κ1) is 14.9. The number of ketones is 1. The third-order valence-corrected chi connectivity index (χ3v) is 2.94. The lowest BCUT2D eigenvalue weighted by Crippen LogP contribution is -2.27. The fourth-order valence-electron chi connectivity index (χ4n) is 1.88. The Morgan fingerprint density at radius 3 is 2.67 bits per heavy atom. The van der Waals surface area contributed by atoms with Crippen molar-refractivity contribution in [3.05, 3.63) is 53.7 Å². The molecule has 0 radical (unpaired) electrons. The van der Waals surface area contributed by atoms with Crippen molar-refractivity contribution in [2.45, 2.75) is 6.92 Å². The van der Waals surface area contributed by atoms with Gasteiger partial charge in [0.25, 0.3) is 5.91 Å². The second kappa shape index (κ2) is 6.76. The van der Waals surface area contributed by atoms with E-state index in [0.29, 0.717) is 11.3 Å². The summed E-state index contributed by atoms with van der Waals surface area (Å²) in [5.41, 5.74) is 2.27. The van der Waals surface area contributed by atoms with E-state index in [4.69, 9.17) is 5.11 Å². The molecule has 108 valence electrons. The van der Waals surface area contributed by atoms with E-state index >= 15 is 0 Å². The number of amides is 1. The van der Waals surface area contributed by atoms with Gasteiger partial charge >= 0.3 is 0 Å². The second-order valence-corrected chi connectivity index (χ2v) is 4.52. The van der Waals surface area contributed by atoms with Crippen LogP contribution < -0.4 is 5.32 Å². The van der Waals surface area contributed by atoms with E-state index in [0.717, 1.165) is 5.56 Å². The van der Waals surface area contributed by atoms with Crippen LogP contribution in [0.4, 0.5) is 0 Å². The normalized spacial score (nSPS) is 10.2. The van der Waals surface area contributed by atoms with Gasteiger partial charge in [0, 0.05) is 17.7 Å². The first-order valence-corrected chi connectivity index (χ1v) is 6.59. The molecular formula is C16H16N2O3. The van der Waals surface area contributed by atoms with Gasteiger partial charge in [-0.05, 0) is 25.1 Å². The lowest BCUT2D eigenvalue weighted by Gasteiger charge is -2.06. The number of aromatic nitrogens is 1. The highest BCUT2D eigenvalue weighted by Gasteiger charge is 2.09. The summed E-state index contributed by atoms with van der Waals surface area (Å²) in [6.07, 6.45) is 0. The Labute approximate surface area is 122 Å². The SMILES string of the molecule is CC(=O)c1cccc(-c2cccc(C(=O)NCCO)n2)c1.